The number of carbonyl (C=O) groups is 1. The Kier molecular flexibility index (Phi) is 8.78. The molecule has 2 aromatic rings. The van der Waals surface area contributed by atoms with Crippen molar-refractivity contribution in [1.29, 1.82) is 0 Å². The molecule has 0 radical (unpaired) electrons. The highest BCUT2D eigenvalue weighted by molar-refractivity contribution is 6.67. The summed E-state index contributed by atoms with van der Waals surface area (Å²) >= 11 is 5.61. The van der Waals surface area contributed by atoms with Gasteiger partial charge in [0.15, 0.2) is 11.5 Å². The van der Waals surface area contributed by atoms with Gasteiger partial charge in [-0.2, -0.15) is 0 Å². The number of halogens is 3. The summed E-state index contributed by atoms with van der Waals surface area (Å²) in [5.74, 6) is 1.79. The van der Waals surface area contributed by atoms with E-state index < -0.39 is 5.24 Å². The molecule has 0 bridgehead atoms. The highest BCUT2D eigenvalue weighted by atomic mass is 35.5. The molecule has 5 nitrogen and oxygen atoms in total. The molecule has 2 heterocycles. The Hall–Kier alpha value is -1.79. The summed E-state index contributed by atoms with van der Waals surface area (Å²) in [4.78, 5) is 18.9. The van der Waals surface area contributed by atoms with Crippen LogP contribution in [0.15, 0.2) is 41.4 Å². The van der Waals surface area contributed by atoms with Crippen LogP contribution in [0.5, 0.6) is 11.5 Å². The van der Waals surface area contributed by atoms with Crippen molar-refractivity contribution in [2.75, 3.05) is 33.9 Å². The summed E-state index contributed by atoms with van der Waals surface area (Å²) in [6.45, 7) is 4.55. The van der Waals surface area contributed by atoms with Crippen LogP contribution in [0.1, 0.15) is 46.3 Å². The molecule has 2 aromatic carbocycles. The molecule has 31 heavy (non-hydrogen) atoms. The Morgan fingerprint density at radius 3 is 2.52 bits per heavy atom. The van der Waals surface area contributed by atoms with Gasteiger partial charge in [-0.05, 0) is 68.4 Å². The van der Waals surface area contributed by atoms with Crippen LogP contribution in [-0.4, -0.2) is 55.7 Å². The molecule has 0 amide bonds. The van der Waals surface area contributed by atoms with Crippen LogP contribution in [0, 0.1) is 0 Å². The minimum Gasteiger partial charge on any atom is -0.493 e. The van der Waals surface area contributed by atoms with Gasteiger partial charge >= 0.3 is 0 Å². The minimum atomic E-state index is -0.457. The average Bonchev–Trinajstić information content (AvgIpc) is 2.73. The highest BCUT2D eigenvalue weighted by Gasteiger charge is 2.36. The first-order valence-electron chi connectivity index (χ1n) is 9.93. The van der Waals surface area contributed by atoms with Gasteiger partial charge in [-0.25, -0.2) is 0 Å². The number of ether oxygens (including phenoxy) is 2. The fourth-order valence-corrected chi connectivity index (χ4v) is 4.43. The van der Waals surface area contributed by atoms with E-state index in [1.165, 1.54) is 5.56 Å². The first kappa shape index (κ1) is 25.5. The maximum absolute atomic E-state index is 11.4. The van der Waals surface area contributed by atoms with Crippen LogP contribution in [0.3, 0.4) is 0 Å². The van der Waals surface area contributed by atoms with E-state index in [9.17, 15) is 4.79 Å². The second-order valence-electron chi connectivity index (χ2n) is 7.58. The van der Waals surface area contributed by atoms with Gasteiger partial charge in [-0.15, -0.1) is 24.8 Å². The Morgan fingerprint density at radius 1 is 1.19 bits per heavy atom. The Morgan fingerprint density at radius 2 is 1.90 bits per heavy atom. The van der Waals surface area contributed by atoms with Gasteiger partial charge in [-0.1, -0.05) is 12.1 Å². The molecule has 1 saturated heterocycles. The summed E-state index contributed by atoms with van der Waals surface area (Å²) in [7, 11) is 3.81. The smallest absolute Gasteiger partial charge is 0.252 e. The zero-order valence-electron chi connectivity index (χ0n) is 17.8. The van der Waals surface area contributed by atoms with Gasteiger partial charge in [0.1, 0.15) is 0 Å². The third-order valence-corrected chi connectivity index (χ3v) is 5.97. The second kappa shape index (κ2) is 10.7. The van der Waals surface area contributed by atoms with Gasteiger partial charge in [-0.3, -0.25) is 9.79 Å². The number of aliphatic imine (C=N–C) groups is 1. The number of fused-ring (bicyclic) bond motifs is 3. The highest BCUT2D eigenvalue weighted by Crippen LogP contribution is 2.42. The van der Waals surface area contributed by atoms with Gasteiger partial charge < -0.3 is 14.4 Å². The van der Waals surface area contributed by atoms with Gasteiger partial charge in [0.25, 0.3) is 5.24 Å². The molecule has 0 aromatic heterocycles. The molecule has 2 atom stereocenters. The summed E-state index contributed by atoms with van der Waals surface area (Å²) < 4.78 is 11.5. The standard InChI is InChI=1S/C23H25ClN2O3.2ClH/c1-4-29-21-11-16-17(12-20(21)28-3)22(14-5-7-15(8-6-14)23(24)27)25-19-9-10-26(2)13-18(16)19;;/h5-8,11-12,18-19H,4,9-10,13H2,1-3H3;2*1H. The normalized spacial score (nSPS) is 19.7. The summed E-state index contributed by atoms with van der Waals surface area (Å²) in [5.41, 5.74) is 4.69. The van der Waals surface area contributed by atoms with Crippen LogP contribution in [0.2, 0.25) is 0 Å². The summed E-state index contributed by atoms with van der Waals surface area (Å²) in [5, 5.41) is -0.457. The average molecular weight is 486 g/mol. The first-order chi connectivity index (χ1) is 14.0. The topological polar surface area (TPSA) is 51.1 Å². The van der Waals surface area contributed by atoms with Crippen molar-refractivity contribution in [2.45, 2.75) is 25.3 Å². The number of benzene rings is 2. The van der Waals surface area contributed by atoms with Gasteiger partial charge in [0.2, 0.25) is 0 Å². The van der Waals surface area contributed by atoms with E-state index in [1.54, 1.807) is 19.2 Å². The van der Waals surface area contributed by atoms with Crippen molar-refractivity contribution < 1.29 is 14.3 Å². The number of likely N-dealkylation sites (N-methyl/N-ethyl adjacent to an activating group) is 1. The zero-order valence-corrected chi connectivity index (χ0v) is 20.1. The lowest BCUT2D eigenvalue weighted by atomic mass is 9.79. The lowest BCUT2D eigenvalue weighted by Gasteiger charge is -2.39. The molecule has 0 aliphatic carbocycles. The predicted molar refractivity (Wildman–Crippen MR) is 130 cm³/mol. The Bertz CT molecular complexity index is 963. The quantitative estimate of drug-likeness (QED) is 0.562. The molecule has 0 spiro atoms. The number of methoxy groups -OCH3 is 1. The summed E-state index contributed by atoms with van der Waals surface area (Å²) in [6.07, 6.45) is 1.01. The van der Waals surface area contributed by atoms with Crippen LogP contribution < -0.4 is 9.47 Å². The largest absolute Gasteiger partial charge is 0.493 e. The maximum Gasteiger partial charge on any atom is 0.252 e. The Balaban J connectivity index is 0.00000171. The molecular formula is C23H27Cl3N2O3. The van der Waals surface area contributed by atoms with E-state index in [-0.39, 0.29) is 30.9 Å². The van der Waals surface area contributed by atoms with E-state index in [0.29, 0.717) is 23.8 Å². The molecule has 0 saturated carbocycles. The maximum atomic E-state index is 11.4. The van der Waals surface area contributed by atoms with Gasteiger partial charge in [0, 0.05) is 29.2 Å². The fraction of sp³-hybridized carbons (Fsp3) is 0.391. The number of hydrogen-bond donors (Lipinski definition) is 0. The number of rotatable bonds is 5. The SMILES string of the molecule is CCOc1cc2c(cc1OC)C(c1ccc(C(=O)Cl)cc1)=NC1CCN(C)CC21.Cl.Cl. The van der Waals surface area contributed by atoms with Crippen molar-refractivity contribution in [3.8, 4) is 11.5 Å². The number of hydrogen-bond acceptors (Lipinski definition) is 5. The van der Waals surface area contributed by atoms with Crippen LogP contribution in [0.25, 0.3) is 0 Å². The number of nitrogens with zero attached hydrogens (tertiary/aromatic N) is 2. The van der Waals surface area contributed by atoms with Crippen molar-refractivity contribution in [1.82, 2.24) is 4.90 Å². The van der Waals surface area contributed by atoms with E-state index in [2.05, 4.69) is 18.0 Å². The summed E-state index contributed by atoms with van der Waals surface area (Å²) in [6, 6.07) is 11.7. The number of likely N-dealkylation sites (tertiary alicyclic amines) is 1. The van der Waals surface area contributed by atoms with E-state index in [4.69, 9.17) is 26.1 Å². The van der Waals surface area contributed by atoms with Crippen LogP contribution >= 0.6 is 36.4 Å². The minimum absolute atomic E-state index is 0. The second-order valence-corrected chi connectivity index (χ2v) is 7.92. The third kappa shape index (κ3) is 5.01. The molecular weight excluding hydrogens is 459 g/mol. The predicted octanol–water partition coefficient (Wildman–Crippen LogP) is 4.96. The zero-order chi connectivity index (χ0) is 20.5. The van der Waals surface area contributed by atoms with E-state index in [1.807, 2.05) is 25.1 Å². The molecule has 8 heteroatoms. The van der Waals surface area contributed by atoms with Gasteiger partial charge in [0.05, 0.1) is 25.5 Å². The monoisotopic (exact) mass is 484 g/mol. The van der Waals surface area contributed by atoms with Crippen molar-refractivity contribution >= 4 is 47.4 Å². The third-order valence-electron chi connectivity index (χ3n) is 5.75. The van der Waals surface area contributed by atoms with E-state index in [0.717, 1.165) is 42.1 Å². The van der Waals surface area contributed by atoms with Crippen molar-refractivity contribution in [2.24, 2.45) is 4.99 Å². The Labute approximate surface area is 200 Å². The van der Waals surface area contributed by atoms with Crippen LogP contribution in [0.4, 0.5) is 0 Å². The molecule has 4 rings (SSSR count). The molecule has 1 fully saturated rings. The fourth-order valence-electron chi connectivity index (χ4n) is 4.30. The molecule has 0 N–H and O–H groups in total. The molecule has 2 aliphatic rings. The lowest BCUT2D eigenvalue weighted by Crippen LogP contribution is -2.41. The number of piperidine rings is 1. The van der Waals surface area contributed by atoms with E-state index >= 15 is 0 Å². The molecule has 2 aliphatic heterocycles. The lowest BCUT2D eigenvalue weighted by molar-refractivity contribution is 0.108. The number of carbonyl (C=O) groups excluding carboxylic acids is 1. The molecule has 2 unspecified atom stereocenters. The van der Waals surface area contributed by atoms with Crippen molar-refractivity contribution in [3.63, 3.8) is 0 Å². The van der Waals surface area contributed by atoms with Crippen LogP contribution in [-0.2, 0) is 0 Å². The van der Waals surface area contributed by atoms with Crippen molar-refractivity contribution in [3.05, 3.63) is 58.7 Å². The molecule has 168 valence electrons. The first-order valence-corrected chi connectivity index (χ1v) is 10.3.